The second kappa shape index (κ2) is 3.73. The van der Waals surface area contributed by atoms with Crippen LogP contribution in [0.5, 0.6) is 5.75 Å². The number of nitrogens with two attached hydrogens (primary N) is 1. The van der Waals surface area contributed by atoms with Crippen LogP contribution in [0.2, 0.25) is 0 Å². The molecule has 1 amide bonds. The highest BCUT2D eigenvalue weighted by atomic mass is 16.3. The van der Waals surface area contributed by atoms with E-state index in [1.807, 2.05) is 0 Å². The molecule has 4 N–H and O–H groups in total. The molecule has 0 saturated heterocycles. The van der Waals surface area contributed by atoms with Crippen LogP contribution in [-0.2, 0) is 11.3 Å². The van der Waals surface area contributed by atoms with Crippen molar-refractivity contribution in [3.63, 3.8) is 0 Å². The predicted octanol–water partition coefficient (Wildman–Crippen LogP) is 0.419. The van der Waals surface area contributed by atoms with E-state index in [-0.39, 0.29) is 5.75 Å². The summed E-state index contributed by atoms with van der Waals surface area (Å²) in [4.78, 5) is 10.0. The second-order valence-electron chi connectivity index (χ2n) is 2.32. The van der Waals surface area contributed by atoms with Crippen LogP contribution in [0.25, 0.3) is 0 Å². The van der Waals surface area contributed by atoms with E-state index in [1.54, 1.807) is 12.1 Å². The van der Waals surface area contributed by atoms with E-state index >= 15 is 0 Å². The normalized spacial score (nSPS) is 9.42. The number of anilines is 1. The standard InChI is InChI=1S/C8H10N2O2/c9-4-6-1-2-7(10-5-11)8(12)3-6/h1-3,5,12H,4,9H2,(H,10,11). The molecule has 0 fully saturated rings. The number of carbonyl (C=O) groups is 1. The quantitative estimate of drug-likeness (QED) is 0.450. The van der Waals surface area contributed by atoms with Gasteiger partial charge in [-0.05, 0) is 17.7 Å². The number of benzene rings is 1. The molecular weight excluding hydrogens is 156 g/mol. The Morgan fingerprint density at radius 2 is 2.33 bits per heavy atom. The number of carbonyl (C=O) groups excluding carboxylic acids is 1. The predicted molar refractivity (Wildman–Crippen MR) is 45.7 cm³/mol. The number of hydrogen-bond donors (Lipinski definition) is 3. The average Bonchev–Trinajstić information content (AvgIpc) is 2.09. The van der Waals surface area contributed by atoms with Gasteiger partial charge in [0.2, 0.25) is 6.41 Å². The number of rotatable bonds is 3. The van der Waals surface area contributed by atoms with Crippen molar-refractivity contribution in [2.45, 2.75) is 6.54 Å². The Morgan fingerprint density at radius 3 is 2.83 bits per heavy atom. The molecule has 0 saturated carbocycles. The number of phenolic OH excluding ortho intramolecular Hbond substituents is 1. The molecule has 0 radical (unpaired) electrons. The monoisotopic (exact) mass is 166 g/mol. The number of aromatic hydroxyl groups is 1. The number of hydrogen-bond acceptors (Lipinski definition) is 3. The summed E-state index contributed by atoms with van der Waals surface area (Å²) in [6.07, 6.45) is 0.511. The Kier molecular flexibility index (Phi) is 2.66. The van der Waals surface area contributed by atoms with E-state index in [1.165, 1.54) is 6.07 Å². The van der Waals surface area contributed by atoms with E-state index in [2.05, 4.69) is 5.32 Å². The third kappa shape index (κ3) is 1.73. The summed E-state index contributed by atoms with van der Waals surface area (Å²) in [5.74, 6) is 0.0325. The number of nitrogens with one attached hydrogen (secondary N) is 1. The zero-order valence-corrected chi connectivity index (χ0v) is 6.45. The van der Waals surface area contributed by atoms with Crippen LogP contribution in [0.15, 0.2) is 18.2 Å². The first kappa shape index (κ1) is 8.55. The van der Waals surface area contributed by atoms with E-state index in [9.17, 15) is 9.90 Å². The second-order valence-corrected chi connectivity index (χ2v) is 2.32. The molecule has 0 aliphatic carbocycles. The van der Waals surface area contributed by atoms with Crippen LogP contribution in [0.4, 0.5) is 5.69 Å². The molecule has 0 aromatic heterocycles. The first-order valence-electron chi connectivity index (χ1n) is 3.50. The first-order valence-corrected chi connectivity index (χ1v) is 3.50. The smallest absolute Gasteiger partial charge is 0.211 e. The molecule has 0 aliphatic rings. The lowest BCUT2D eigenvalue weighted by Gasteiger charge is -2.03. The minimum atomic E-state index is 0.0325. The molecule has 0 unspecified atom stereocenters. The molecular formula is C8H10N2O2. The Morgan fingerprint density at radius 1 is 1.58 bits per heavy atom. The molecule has 1 aromatic carbocycles. The molecule has 4 nitrogen and oxygen atoms in total. The maximum Gasteiger partial charge on any atom is 0.211 e. The van der Waals surface area contributed by atoms with Crippen LogP contribution >= 0.6 is 0 Å². The maximum absolute atomic E-state index is 10.0. The summed E-state index contributed by atoms with van der Waals surface area (Å²) >= 11 is 0. The molecule has 0 spiro atoms. The van der Waals surface area contributed by atoms with Crippen LogP contribution in [-0.4, -0.2) is 11.5 Å². The Labute approximate surface area is 70.0 Å². The van der Waals surface area contributed by atoms with E-state index < -0.39 is 0 Å². The van der Waals surface area contributed by atoms with Crippen LogP contribution < -0.4 is 11.1 Å². The number of amides is 1. The number of phenols is 1. The van der Waals surface area contributed by atoms with Gasteiger partial charge in [0.1, 0.15) is 5.75 Å². The van der Waals surface area contributed by atoms with E-state index in [0.717, 1.165) is 5.56 Å². The lowest BCUT2D eigenvalue weighted by Crippen LogP contribution is -1.98. The largest absolute Gasteiger partial charge is 0.506 e. The molecule has 1 aromatic rings. The minimum Gasteiger partial charge on any atom is -0.506 e. The molecule has 0 bridgehead atoms. The van der Waals surface area contributed by atoms with Crippen LogP contribution in [0.3, 0.4) is 0 Å². The molecule has 12 heavy (non-hydrogen) atoms. The van der Waals surface area contributed by atoms with Gasteiger partial charge in [-0.1, -0.05) is 6.07 Å². The highest BCUT2D eigenvalue weighted by Crippen LogP contribution is 2.23. The molecule has 64 valence electrons. The van der Waals surface area contributed by atoms with Crippen molar-refractivity contribution >= 4 is 12.1 Å². The fraction of sp³-hybridized carbons (Fsp3) is 0.125. The van der Waals surface area contributed by atoms with Crippen LogP contribution in [0, 0.1) is 0 Å². The highest BCUT2D eigenvalue weighted by Gasteiger charge is 1.99. The van der Waals surface area contributed by atoms with Gasteiger partial charge in [0, 0.05) is 6.54 Å². The summed E-state index contributed by atoms with van der Waals surface area (Å²) in [5.41, 5.74) is 6.56. The van der Waals surface area contributed by atoms with Crippen molar-refractivity contribution < 1.29 is 9.90 Å². The fourth-order valence-corrected chi connectivity index (χ4v) is 0.890. The van der Waals surface area contributed by atoms with Crippen molar-refractivity contribution in [1.29, 1.82) is 0 Å². The van der Waals surface area contributed by atoms with Gasteiger partial charge in [0.05, 0.1) is 5.69 Å². The SMILES string of the molecule is NCc1ccc(NC=O)c(O)c1. The lowest BCUT2D eigenvalue weighted by atomic mass is 10.2. The first-order chi connectivity index (χ1) is 5.77. The van der Waals surface area contributed by atoms with E-state index in [0.29, 0.717) is 18.6 Å². The fourth-order valence-electron chi connectivity index (χ4n) is 0.890. The van der Waals surface area contributed by atoms with Gasteiger partial charge >= 0.3 is 0 Å². The topological polar surface area (TPSA) is 75.3 Å². The minimum absolute atomic E-state index is 0.0325. The van der Waals surface area contributed by atoms with E-state index in [4.69, 9.17) is 5.73 Å². The van der Waals surface area contributed by atoms with Crippen molar-refractivity contribution in [2.24, 2.45) is 5.73 Å². The summed E-state index contributed by atoms with van der Waals surface area (Å²) in [7, 11) is 0. The maximum atomic E-state index is 10.0. The van der Waals surface area contributed by atoms with Crippen molar-refractivity contribution in [3.05, 3.63) is 23.8 Å². The summed E-state index contributed by atoms with van der Waals surface area (Å²) in [5, 5.41) is 11.6. The van der Waals surface area contributed by atoms with Crippen molar-refractivity contribution in [3.8, 4) is 5.75 Å². The van der Waals surface area contributed by atoms with Crippen molar-refractivity contribution in [2.75, 3.05) is 5.32 Å². The third-order valence-corrected chi connectivity index (χ3v) is 1.51. The summed E-state index contributed by atoms with van der Waals surface area (Å²) in [6.45, 7) is 0.370. The molecule has 1 rings (SSSR count). The molecule has 4 heteroatoms. The van der Waals surface area contributed by atoms with Gasteiger partial charge in [0.15, 0.2) is 0 Å². The zero-order chi connectivity index (χ0) is 8.97. The zero-order valence-electron chi connectivity index (χ0n) is 6.45. The third-order valence-electron chi connectivity index (χ3n) is 1.51. The van der Waals surface area contributed by atoms with Gasteiger partial charge in [-0.3, -0.25) is 4.79 Å². The van der Waals surface area contributed by atoms with Gasteiger partial charge in [-0.25, -0.2) is 0 Å². The Hall–Kier alpha value is -1.55. The molecule has 0 aliphatic heterocycles. The highest BCUT2D eigenvalue weighted by molar-refractivity contribution is 5.75. The van der Waals surface area contributed by atoms with Gasteiger partial charge in [0.25, 0.3) is 0 Å². The Bertz CT molecular complexity index is 286. The molecule has 0 heterocycles. The summed E-state index contributed by atoms with van der Waals surface area (Å²) in [6, 6.07) is 4.86. The van der Waals surface area contributed by atoms with Gasteiger partial charge < -0.3 is 16.2 Å². The average molecular weight is 166 g/mol. The van der Waals surface area contributed by atoms with Crippen molar-refractivity contribution in [1.82, 2.24) is 0 Å². The van der Waals surface area contributed by atoms with Gasteiger partial charge in [-0.15, -0.1) is 0 Å². The summed E-state index contributed by atoms with van der Waals surface area (Å²) < 4.78 is 0. The van der Waals surface area contributed by atoms with Crippen LogP contribution in [0.1, 0.15) is 5.56 Å². The molecule has 0 atom stereocenters. The van der Waals surface area contributed by atoms with Gasteiger partial charge in [-0.2, -0.15) is 0 Å². The lowest BCUT2D eigenvalue weighted by molar-refractivity contribution is -0.105. The Balaban J connectivity index is 2.94.